The normalized spacial score (nSPS) is 24.0. The number of hydrogen-bond acceptors (Lipinski definition) is 14. The van der Waals surface area contributed by atoms with E-state index in [-0.39, 0.29) is 47.7 Å². The zero-order valence-electron chi connectivity index (χ0n) is 29.4. The molecule has 3 heterocycles. The Morgan fingerprint density at radius 2 is 1.54 bits per heavy atom. The number of aliphatic hydroxyl groups is 2. The molecular formula is C30H52N7O10P. The number of nitrogen functional groups attached to an aromatic ring is 1. The van der Waals surface area contributed by atoms with Crippen molar-refractivity contribution in [3.05, 3.63) is 6.33 Å². The van der Waals surface area contributed by atoms with E-state index in [4.69, 9.17) is 29.2 Å². The maximum Gasteiger partial charge on any atom is 0.342 e. The molecule has 3 rings (SSSR count). The van der Waals surface area contributed by atoms with Crippen LogP contribution in [-0.2, 0) is 32.9 Å². The summed E-state index contributed by atoms with van der Waals surface area (Å²) in [7, 11) is -2.95. The molecule has 0 bridgehead atoms. The van der Waals surface area contributed by atoms with Crippen molar-refractivity contribution in [3.8, 4) is 5.88 Å². The molecule has 1 aliphatic heterocycles. The zero-order valence-corrected chi connectivity index (χ0v) is 30.3. The van der Waals surface area contributed by atoms with Crippen molar-refractivity contribution in [3.63, 3.8) is 0 Å². The summed E-state index contributed by atoms with van der Waals surface area (Å²) in [5, 5.41) is 28.3. The molecule has 0 radical (unpaired) electrons. The van der Waals surface area contributed by atoms with E-state index >= 15 is 0 Å². The number of hydrogen-bond donors (Lipinski definition) is 5. The summed E-state index contributed by atoms with van der Waals surface area (Å²) >= 11 is 0. The fourth-order valence-corrected chi connectivity index (χ4v) is 7.10. The first kappa shape index (κ1) is 39.5. The van der Waals surface area contributed by atoms with Crippen molar-refractivity contribution >= 4 is 36.7 Å². The van der Waals surface area contributed by atoms with Gasteiger partial charge in [0.15, 0.2) is 17.4 Å². The SMILES string of the molecule is COc1nc(N)nc2c1ncn2[C@@H]1O[C@H](COP(=O)(N[C@@H](CC(C)C)C(=O)OC(C)C)N[C@H](CC(C)C)C(=O)OC(C)C)C(O)[C@]1(C)O. The molecule has 0 aromatic carbocycles. The first-order chi connectivity index (χ1) is 22.3. The molecule has 0 saturated carbocycles. The Balaban J connectivity index is 1.96. The van der Waals surface area contributed by atoms with Gasteiger partial charge in [0.05, 0.1) is 32.3 Å². The zero-order chi connectivity index (χ0) is 36.1. The topological polar surface area (TPSA) is 231 Å². The molecule has 17 nitrogen and oxygen atoms in total. The Labute approximate surface area is 281 Å². The second-order valence-corrected chi connectivity index (χ2v) is 15.4. The Hall–Kier alpha value is -2.92. The number of ether oxygens (including phenoxy) is 4. The molecule has 2 aromatic heterocycles. The Morgan fingerprint density at radius 1 is 1.02 bits per heavy atom. The van der Waals surface area contributed by atoms with Crippen LogP contribution in [0.5, 0.6) is 5.88 Å². The van der Waals surface area contributed by atoms with Crippen LogP contribution < -0.4 is 20.6 Å². The van der Waals surface area contributed by atoms with E-state index in [1.54, 1.807) is 27.7 Å². The highest BCUT2D eigenvalue weighted by atomic mass is 31.2. The van der Waals surface area contributed by atoms with Gasteiger partial charge in [0, 0.05) is 0 Å². The molecule has 6 N–H and O–H groups in total. The highest BCUT2D eigenvalue weighted by molar-refractivity contribution is 7.54. The van der Waals surface area contributed by atoms with Gasteiger partial charge in [-0.2, -0.15) is 9.97 Å². The predicted octanol–water partition coefficient (Wildman–Crippen LogP) is 2.46. The number of carbonyl (C=O) groups excluding carboxylic acids is 2. The minimum atomic E-state index is -4.34. The fourth-order valence-electron chi connectivity index (χ4n) is 5.27. The largest absolute Gasteiger partial charge is 0.479 e. The Kier molecular flexibility index (Phi) is 13.3. The van der Waals surface area contributed by atoms with Crippen LogP contribution in [0.3, 0.4) is 0 Å². The summed E-state index contributed by atoms with van der Waals surface area (Å²) in [4.78, 5) is 38.8. The quantitative estimate of drug-likeness (QED) is 0.118. The molecule has 0 amide bonds. The average molecular weight is 702 g/mol. The number of imidazole rings is 1. The lowest BCUT2D eigenvalue weighted by Crippen LogP contribution is -2.47. The lowest BCUT2D eigenvalue weighted by Gasteiger charge is -2.31. The monoisotopic (exact) mass is 701 g/mol. The summed E-state index contributed by atoms with van der Waals surface area (Å²) < 4.78 is 44.2. The van der Waals surface area contributed by atoms with Gasteiger partial charge in [0.25, 0.3) is 0 Å². The molecule has 1 aliphatic rings. The van der Waals surface area contributed by atoms with Gasteiger partial charge >= 0.3 is 19.6 Å². The second kappa shape index (κ2) is 16.2. The number of nitrogens with one attached hydrogen (secondary N) is 2. The smallest absolute Gasteiger partial charge is 0.342 e. The van der Waals surface area contributed by atoms with Gasteiger partial charge in [-0.3, -0.25) is 18.7 Å². The third-order valence-electron chi connectivity index (χ3n) is 7.37. The minimum Gasteiger partial charge on any atom is -0.479 e. The first-order valence-corrected chi connectivity index (χ1v) is 17.7. The van der Waals surface area contributed by atoms with Crippen LogP contribution in [0.2, 0.25) is 0 Å². The number of aromatic nitrogens is 4. The van der Waals surface area contributed by atoms with E-state index in [0.717, 1.165) is 0 Å². The molecule has 272 valence electrons. The number of fused-ring (bicyclic) bond motifs is 1. The van der Waals surface area contributed by atoms with Crippen molar-refractivity contribution in [1.29, 1.82) is 0 Å². The molecule has 1 saturated heterocycles. The van der Waals surface area contributed by atoms with Crippen molar-refractivity contribution in [2.45, 2.75) is 123 Å². The molecule has 48 heavy (non-hydrogen) atoms. The van der Waals surface area contributed by atoms with Crippen LogP contribution in [0.15, 0.2) is 6.33 Å². The van der Waals surface area contributed by atoms with E-state index < -0.39 is 74.5 Å². The number of carbonyl (C=O) groups is 2. The molecule has 2 aromatic rings. The van der Waals surface area contributed by atoms with E-state index in [9.17, 15) is 24.4 Å². The second-order valence-electron chi connectivity index (χ2n) is 13.6. The number of aliphatic hydroxyl groups excluding tert-OH is 1. The lowest BCUT2D eigenvalue weighted by molar-refractivity contribution is -0.150. The van der Waals surface area contributed by atoms with Crippen LogP contribution in [0.4, 0.5) is 5.95 Å². The van der Waals surface area contributed by atoms with Gasteiger partial charge in [-0.25, -0.2) is 15.2 Å². The van der Waals surface area contributed by atoms with Gasteiger partial charge in [-0.1, -0.05) is 27.7 Å². The first-order valence-electron chi connectivity index (χ1n) is 16.1. The van der Waals surface area contributed by atoms with Crippen LogP contribution in [0.1, 0.15) is 81.4 Å². The van der Waals surface area contributed by atoms with Crippen molar-refractivity contribution in [1.82, 2.24) is 29.7 Å². The summed E-state index contributed by atoms with van der Waals surface area (Å²) in [5.41, 5.74) is 4.34. The molecular weight excluding hydrogens is 649 g/mol. The summed E-state index contributed by atoms with van der Waals surface area (Å²) in [6.07, 6.45) is -3.17. The van der Waals surface area contributed by atoms with Gasteiger partial charge in [0.1, 0.15) is 29.9 Å². The highest BCUT2D eigenvalue weighted by Gasteiger charge is 2.54. The lowest BCUT2D eigenvalue weighted by atomic mass is 9.96. The van der Waals surface area contributed by atoms with E-state index in [0.29, 0.717) is 0 Å². The van der Waals surface area contributed by atoms with E-state index in [2.05, 4.69) is 25.1 Å². The molecule has 7 atom stereocenters. The molecule has 18 heteroatoms. The standard InChI is InChI=1S/C30H52N7O10P/c1-15(2)11-19(26(39)45-17(5)6)35-48(42,36-20(12-16(3)4)27(40)46-18(7)8)44-13-21-23(38)30(9,41)28(47-21)37-14-32-22-24(37)33-29(31)34-25(22)43-10/h14-21,23,28,38,41H,11-13H2,1-10H3,(H2,31,33,34)(H2,35,36,42)/t19-,20+,21-,23?,28-,30+,48?/m1/s1. The van der Waals surface area contributed by atoms with E-state index in [1.165, 1.54) is 24.9 Å². The van der Waals surface area contributed by atoms with Gasteiger partial charge in [-0.15, -0.1) is 0 Å². The van der Waals surface area contributed by atoms with Crippen LogP contribution >= 0.6 is 7.67 Å². The highest BCUT2D eigenvalue weighted by Crippen LogP contribution is 2.45. The van der Waals surface area contributed by atoms with Crippen molar-refractivity contribution in [2.24, 2.45) is 11.8 Å². The number of methoxy groups -OCH3 is 1. The summed E-state index contributed by atoms with van der Waals surface area (Å²) in [6, 6.07) is -2.18. The van der Waals surface area contributed by atoms with Gasteiger partial charge in [0.2, 0.25) is 11.8 Å². The van der Waals surface area contributed by atoms with Gasteiger partial charge in [-0.05, 0) is 59.3 Å². The maximum atomic E-state index is 14.7. The minimum absolute atomic E-state index is 0.0228. The van der Waals surface area contributed by atoms with Crippen molar-refractivity contribution < 1.29 is 47.8 Å². The number of anilines is 1. The number of esters is 2. The van der Waals surface area contributed by atoms with E-state index in [1.807, 2.05) is 27.7 Å². The van der Waals surface area contributed by atoms with Crippen LogP contribution in [0, 0.1) is 11.8 Å². The van der Waals surface area contributed by atoms with Crippen LogP contribution in [-0.4, -0.2) is 97.5 Å². The fraction of sp³-hybridized carbons (Fsp3) is 0.767. The number of nitrogens with zero attached hydrogens (tertiary/aromatic N) is 4. The summed E-state index contributed by atoms with van der Waals surface area (Å²) in [5.74, 6) is -1.37. The maximum absolute atomic E-state index is 14.7. The molecule has 2 unspecified atom stereocenters. The summed E-state index contributed by atoms with van der Waals surface area (Å²) in [6.45, 7) is 15.1. The third-order valence-corrected chi connectivity index (χ3v) is 9.18. The third kappa shape index (κ3) is 9.83. The van der Waals surface area contributed by atoms with Gasteiger partial charge < -0.3 is 39.4 Å². The molecule has 0 spiro atoms. The van der Waals surface area contributed by atoms with Crippen molar-refractivity contribution in [2.75, 3.05) is 19.5 Å². The number of rotatable bonds is 17. The molecule has 1 fully saturated rings. The van der Waals surface area contributed by atoms with Crippen LogP contribution in [0.25, 0.3) is 11.2 Å². The predicted molar refractivity (Wildman–Crippen MR) is 176 cm³/mol. The molecule has 0 aliphatic carbocycles. The Bertz CT molecular complexity index is 1410. The number of nitrogens with two attached hydrogens (primary N) is 1. The average Bonchev–Trinajstić information content (AvgIpc) is 3.46. The Morgan fingerprint density at radius 3 is 2.00 bits per heavy atom.